The molecule has 0 atom stereocenters. The van der Waals surface area contributed by atoms with Gasteiger partial charge in [0.25, 0.3) is 0 Å². The van der Waals surface area contributed by atoms with Crippen molar-refractivity contribution in [2.24, 2.45) is 4.99 Å². The van der Waals surface area contributed by atoms with Crippen LogP contribution in [0.5, 0.6) is 5.75 Å². The van der Waals surface area contributed by atoms with E-state index in [2.05, 4.69) is 4.99 Å². The summed E-state index contributed by atoms with van der Waals surface area (Å²) >= 11 is 2.99. The fraction of sp³-hybridized carbons (Fsp3) is 0.375. The minimum absolute atomic E-state index is 0.182. The van der Waals surface area contributed by atoms with Crippen molar-refractivity contribution in [2.75, 3.05) is 32.7 Å². The molecular formula is C24H28N2O5S2. The van der Waals surface area contributed by atoms with E-state index < -0.39 is 0 Å². The molecule has 3 rings (SSSR count). The third kappa shape index (κ3) is 6.93. The lowest BCUT2D eigenvalue weighted by Gasteiger charge is -2.06. The molecule has 0 radical (unpaired) electrons. The van der Waals surface area contributed by atoms with Gasteiger partial charge in [0.1, 0.15) is 5.75 Å². The molecule has 1 amide bonds. The third-order valence-corrected chi connectivity index (χ3v) is 6.78. The average molecular weight is 489 g/mol. The molecule has 2 aromatic carbocycles. The van der Waals surface area contributed by atoms with Gasteiger partial charge in [-0.3, -0.25) is 4.79 Å². The Morgan fingerprint density at radius 2 is 1.88 bits per heavy atom. The minimum atomic E-state index is -0.362. The second kappa shape index (κ2) is 12.6. The largest absolute Gasteiger partial charge is 0.497 e. The number of methoxy groups -OCH3 is 1. The number of aromatic nitrogens is 1. The van der Waals surface area contributed by atoms with Crippen LogP contribution in [-0.2, 0) is 20.8 Å². The Labute approximate surface area is 201 Å². The van der Waals surface area contributed by atoms with Gasteiger partial charge < -0.3 is 18.8 Å². The van der Waals surface area contributed by atoms with Crippen molar-refractivity contribution in [1.29, 1.82) is 0 Å². The zero-order valence-corrected chi connectivity index (χ0v) is 20.7. The van der Waals surface area contributed by atoms with Crippen LogP contribution < -0.4 is 9.54 Å². The predicted molar refractivity (Wildman–Crippen MR) is 131 cm³/mol. The quantitative estimate of drug-likeness (QED) is 0.224. The molecule has 1 aromatic heterocycles. The second-order valence-corrected chi connectivity index (χ2v) is 9.09. The molecule has 0 N–H and O–H groups in total. The first kappa shape index (κ1) is 25.0. The second-order valence-electron chi connectivity index (χ2n) is 6.92. The molecule has 0 aliphatic rings. The Bertz CT molecular complexity index is 1150. The van der Waals surface area contributed by atoms with Crippen molar-refractivity contribution in [3.63, 3.8) is 0 Å². The molecule has 0 spiro atoms. The standard InChI is InChI=1S/C24H28N2O5S2/c1-4-30-14-13-26-20-11-6-17(23(28)31-5-2)16-21(20)33-24(26)25-22(27)12-15-32-19-9-7-18(29-3)8-10-19/h6-11,16H,4-5,12-15H2,1-3H3. The van der Waals surface area contributed by atoms with Gasteiger partial charge in [-0.05, 0) is 56.3 Å². The normalized spacial score (nSPS) is 11.7. The molecule has 176 valence electrons. The number of carbonyl (C=O) groups excluding carboxylic acids is 2. The minimum Gasteiger partial charge on any atom is -0.497 e. The first-order valence-electron chi connectivity index (χ1n) is 10.8. The van der Waals surface area contributed by atoms with Crippen LogP contribution in [0.25, 0.3) is 10.2 Å². The summed E-state index contributed by atoms with van der Waals surface area (Å²) in [6.45, 7) is 5.73. The molecular weight excluding hydrogens is 460 g/mol. The number of thiazole rings is 1. The van der Waals surface area contributed by atoms with E-state index in [4.69, 9.17) is 14.2 Å². The smallest absolute Gasteiger partial charge is 0.338 e. The number of thioether (sulfide) groups is 1. The Kier molecular flexibility index (Phi) is 9.53. The molecule has 7 nitrogen and oxygen atoms in total. The maximum absolute atomic E-state index is 12.6. The molecule has 0 saturated heterocycles. The molecule has 0 saturated carbocycles. The van der Waals surface area contributed by atoms with Crippen LogP contribution in [0, 0.1) is 0 Å². The summed E-state index contributed by atoms with van der Waals surface area (Å²) in [5.74, 6) is 0.890. The number of hydrogen-bond donors (Lipinski definition) is 0. The lowest BCUT2D eigenvalue weighted by molar-refractivity contribution is -0.117. The number of benzene rings is 2. The number of ether oxygens (including phenoxy) is 3. The molecule has 0 aliphatic heterocycles. The van der Waals surface area contributed by atoms with Crippen LogP contribution in [0.4, 0.5) is 0 Å². The first-order valence-corrected chi connectivity index (χ1v) is 12.6. The van der Waals surface area contributed by atoms with Crippen molar-refractivity contribution in [3.05, 3.63) is 52.8 Å². The van der Waals surface area contributed by atoms with Crippen LogP contribution >= 0.6 is 23.1 Å². The van der Waals surface area contributed by atoms with Gasteiger partial charge >= 0.3 is 5.97 Å². The zero-order chi connectivity index (χ0) is 23.6. The van der Waals surface area contributed by atoms with Gasteiger partial charge in [0.05, 0.1) is 36.1 Å². The maximum atomic E-state index is 12.6. The Morgan fingerprint density at radius 1 is 1.09 bits per heavy atom. The van der Waals surface area contributed by atoms with Gasteiger partial charge in [0, 0.05) is 30.2 Å². The van der Waals surface area contributed by atoms with E-state index >= 15 is 0 Å². The number of fused-ring (bicyclic) bond motifs is 1. The van der Waals surface area contributed by atoms with Gasteiger partial charge in [0.15, 0.2) is 4.80 Å². The lowest BCUT2D eigenvalue weighted by atomic mass is 10.2. The SMILES string of the molecule is CCOCCn1c(=NC(=O)CCSc2ccc(OC)cc2)sc2cc(C(=O)OCC)ccc21. The number of esters is 1. The van der Waals surface area contributed by atoms with Gasteiger partial charge in [-0.15, -0.1) is 11.8 Å². The monoisotopic (exact) mass is 488 g/mol. The molecule has 0 aliphatic carbocycles. The summed E-state index contributed by atoms with van der Waals surface area (Å²) in [4.78, 5) is 30.8. The van der Waals surface area contributed by atoms with Gasteiger partial charge in [-0.1, -0.05) is 11.3 Å². The number of nitrogens with zero attached hydrogens (tertiary/aromatic N) is 2. The zero-order valence-electron chi connectivity index (χ0n) is 19.0. The summed E-state index contributed by atoms with van der Waals surface area (Å²) < 4.78 is 18.6. The summed E-state index contributed by atoms with van der Waals surface area (Å²) in [5, 5.41) is 0. The van der Waals surface area contributed by atoms with Gasteiger partial charge in [0.2, 0.25) is 5.91 Å². The van der Waals surface area contributed by atoms with Crippen molar-refractivity contribution < 1.29 is 23.8 Å². The average Bonchev–Trinajstić information content (AvgIpc) is 3.16. The van der Waals surface area contributed by atoms with E-state index in [1.54, 1.807) is 37.9 Å². The van der Waals surface area contributed by atoms with E-state index in [1.165, 1.54) is 11.3 Å². The number of hydrogen-bond acceptors (Lipinski definition) is 7. The van der Waals surface area contributed by atoms with E-state index in [-0.39, 0.29) is 11.9 Å². The summed E-state index contributed by atoms with van der Waals surface area (Å²) in [6.07, 6.45) is 0.324. The summed E-state index contributed by atoms with van der Waals surface area (Å²) in [7, 11) is 1.63. The highest BCUT2D eigenvalue weighted by atomic mass is 32.2. The van der Waals surface area contributed by atoms with Crippen LogP contribution in [-0.4, -0.2) is 49.1 Å². The third-order valence-electron chi connectivity index (χ3n) is 4.72. The highest BCUT2D eigenvalue weighted by molar-refractivity contribution is 7.99. The van der Waals surface area contributed by atoms with E-state index in [0.717, 1.165) is 20.9 Å². The topological polar surface area (TPSA) is 79.1 Å². The Morgan fingerprint density at radius 3 is 2.58 bits per heavy atom. The molecule has 0 bridgehead atoms. The van der Waals surface area contributed by atoms with Gasteiger partial charge in [-0.2, -0.15) is 4.99 Å². The molecule has 0 fully saturated rings. The highest BCUT2D eigenvalue weighted by Gasteiger charge is 2.13. The molecule has 0 unspecified atom stereocenters. The van der Waals surface area contributed by atoms with Crippen LogP contribution in [0.3, 0.4) is 0 Å². The van der Waals surface area contributed by atoms with E-state index in [1.807, 2.05) is 41.8 Å². The van der Waals surface area contributed by atoms with Crippen molar-refractivity contribution in [1.82, 2.24) is 4.57 Å². The van der Waals surface area contributed by atoms with Crippen molar-refractivity contribution in [2.45, 2.75) is 31.7 Å². The first-order chi connectivity index (χ1) is 16.0. The fourth-order valence-corrected chi connectivity index (χ4v) is 5.06. The highest BCUT2D eigenvalue weighted by Crippen LogP contribution is 2.22. The molecule has 33 heavy (non-hydrogen) atoms. The van der Waals surface area contributed by atoms with Crippen molar-refractivity contribution in [3.8, 4) is 5.75 Å². The Balaban J connectivity index is 1.78. The van der Waals surface area contributed by atoms with Crippen LogP contribution in [0.15, 0.2) is 52.4 Å². The maximum Gasteiger partial charge on any atom is 0.338 e. The van der Waals surface area contributed by atoms with E-state index in [9.17, 15) is 9.59 Å². The predicted octanol–water partition coefficient (Wildman–Crippen LogP) is 4.53. The molecule has 9 heteroatoms. The number of carbonyl (C=O) groups is 2. The fourth-order valence-electron chi connectivity index (χ4n) is 3.11. The molecule has 3 aromatic rings. The van der Waals surface area contributed by atoms with Gasteiger partial charge in [-0.25, -0.2) is 4.79 Å². The summed E-state index contributed by atoms with van der Waals surface area (Å²) in [5.41, 5.74) is 1.39. The van der Waals surface area contributed by atoms with E-state index in [0.29, 0.717) is 48.9 Å². The Hall–Kier alpha value is -2.62. The number of amides is 1. The van der Waals surface area contributed by atoms with Crippen LogP contribution in [0.1, 0.15) is 30.6 Å². The summed E-state index contributed by atoms with van der Waals surface area (Å²) in [6, 6.07) is 13.1. The lowest BCUT2D eigenvalue weighted by Crippen LogP contribution is -2.19. The van der Waals surface area contributed by atoms with Crippen molar-refractivity contribution >= 4 is 45.2 Å². The molecule has 1 heterocycles. The number of rotatable bonds is 11. The van der Waals surface area contributed by atoms with Crippen LogP contribution in [0.2, 0.25) is 0 Å².